The van der Waals surface area contributed by atoms with Crippen molar-refractivity contribution in [3.63, 3.8) is 0 Å². The fourth-order valence-electron chi connectivity index (χ4n) is 3.22. The van der Waals surface area contributed by atoms with E-state index in [1.807, 2.05) is 0 Å². The summed E-state index contributed by atoms with van der Waals surface area (Å²) < 4.78 is 22.0. The molecule has 0 radical (unpaired) electrons. The Labute approximate surface area is 211 Å². The van der Waals surface area contributed by atoms with Crippen molar-refractivity contribution in [3.8, 4) is 17.2 Å². The van der Waals surface area contributed by atoms with Gasteiger partial charge in [0.2, 0.25) is 5.90 Å². The van der Waals surface area contributed by atoms with Crippen LogP contribution >= 0.6 is 34.8 Å². The molecule has 0 fully saturated rings. The molecule has 0 N–H and O–H groups in total. The van der Waals surface area contributed by atoms with Crippen molar-refractivity contribution in [3.05, 3.63) is 92.1 Å². The van der Waals surface area contributed by atoms with Gasteiger partial charge in [0.15, 0.2) is 17.2 Å². The lowest BCUT2D eigenvalue weighted by Crippen LogP contribution is -2.07. The summed E-state index contributed by atoms with van der Waals surface area (Å²) in [4.78, 5) is 16.8. The Morgan fingerprint density at radius 1 is 0.882 bits per heavy atom. The Kier molecular flexibility index (Phi) is 7.32. The number of cyclic esters (lactones) is 1. The highest BCUT2D eigenvalue weighted by molar-refractivity contribution is 6.35. The molecule has 1 aliphatic heterocycles. The van der Waals surface area contributed by atoms with E-state index >= 15 is 0 Å². The number of methoxy groups -OCH3 is 2. The van der Waals surface area contributed by atoms with E-state index in [1.165, 1.54) is 14.2 Å². The molecule has 0 unspecified atom stereocenters. The third-order valence-electron chi connectivity index (χ3n) is 4.90. The number of halogens is 3. The SMILES string of the molecule is COc1cc(/C=C2\N=C(c3cc(Cl)ccc3OC)OC2=O)ccc1OCc1ccc(Cl)cc1Cl. The van der Waals surface area contributed by atoms with Crippen molar-refractivity contribution >= 4 is 52.7 Å². The van der Waals surface area contributed by atoms with E-state index in [0.717, 1.165) is 5.56 Å². The molecule has 0 saturated carbocycles. The van der Waals surface area contributed by atoms with E-state index in [4.69, 9.17) is 53.8 Å². The maximum Gasteiger partial charge on any atom is 0.363 e. The number of aliphatic imine (C=N–C) groups is 1. The topological polar surface area (TPSA) is 66.3 Å². The zero-order valence-electron chi connectivity index (χ0n) is 18.1. The molecule has 6 nitrogen and oxygen atoms in total. The molecule has 0 aliphatic carbocycles. The first-order valence-electron chi connectivity index (χ1n) is 9.99. The van der Waals surface area contributed by atoms with Crippen LogP contribution in [-0.4, -0.2) is 26.1 Å². The predicted octanol–water partition coefficient (Wildman–Crippen LogP) is 6.59. The number of carbonyl (C=O) groups is 1. The van der Waals surface area contributed by atoms with Crippen molar-refractivity contribution in [2.45, 2.75) is 6.61 Å². The van der Waals surface area contributed by atoms with E-state index in [9.17, 15) is 4.79 Å². The van der Waals surface area contributed by atoms with Crippen molar-refractivity contribution in [2.75, 3.05) is 14.2 Å². The number of hydrogen-bond acceptors (Lipinski definition) is 6. The lowest BCUT2D eigenvalue weighted by molar-refractivity contribution is -0.129. The van der Waals surface area contributed by atoms with Crippen molar-refractivity contribution in [2.24, 2.45) is 4.99 Å². The molecule has 1 heterocycles. The average Bonchev–Trinajstić information content (AvgIpc) is 3.18. The van der Waals surface area contributed by atoms with E-state index < -0.39 is 5.97 Å². The molecule has 0 saturated heterocycles. The van der Waals surface area contributed by atoms with Gasteiger partial charge < -0.3 is 18.9 Å². The van der Waals surface area contributed by atoms with Crippen LogP contribution in [0.1, 0.15) is 16.7 Å². The Balaban J connectivity index is 1.57. The Hall–Kier alpha value is -3.19. The van der Waals surface area contributed by atoms with Gasteiger partial charge in [-0.25, -0.2) is 9.79 Å². The van der Waals surface area contributed by atoms with Gasteiger partial charge in [-0.05, 0) is 54.1 Å². The molecule has 4 rings (SSSR count). The van der Waals surface area contributed by atoms with Crippen LogP contribution < -0.4 is 14.2 Å². The number of hydrogen-bond donors (Lipinski definition) is 0. The Morgan fingerprint density at radius 3 is 2.32 bits per heavy atom. The number of nitrogens with zero attached hydrogens (tertiary/aromatic N) is 1. The summed E-state index contributed by atoms with van der Waals surface area (Å²) in [6, 6.07) is 15.4. The van der Waals surface area contributed by atoms with Gasteiger partial charge in [0.1, 0.15) is 12.4 Å². The minimum Gasteiger partial charge on any atom is -0.496 e. The van der Waals surface area contributed by atoms with Crippen LogP contribution in [0, 0.1) is 0 Å². The number of esters is 1. The van der Waals surface area contributed by atoms with Crippen molar-refractivity contribution in [1.29, 1.82) is 0 Å². The minimum atomic E-state index is -0.589. The zero-order valence-corrected chi connectivity index (χ0v) is 20.4. The fraction of sp³-hybridized carbons (Fsp3) is 0.120. The third kappa shape index (κ3) is 5.30. The highest BCUT2D eigenvalue weighted by atomic mass is 35.5. The van der Waals surface area contributed by atoms with E-state index in [0.29, 0.717) is 43.4 Å². The van der Waals surface area contributed by atoms with Gasteiger partial charge in [-0.1, -0.05) is 46.9 Å². The molecule has 34 heavy (non-hydrogen) atoms. The van der Waals surface area contributed by atoms with Gasteiger partial charge in [-0.2, -0.15) is 0 Å². The number of benzene rings is 3. The van der Waals surface area contributed by atoms with Crippen LogP contribution in [-0.2, 0) is 16.1 Å². The van der Waals surface area contributed by atoms with Crippen LogP contribution in [0.5, 0.6) is 17.2 Å². The van der Waals surface area contributed by atoms with Gasteiger partial charge in [0.25, 0.3) is 0 Å². The van der Waals surface area contributed by atoms with Gasteiger partial charge >= 0.3 is 5.97 Å². The monoisotopic (exact) mass is 517 g/mol. The summed E-state index contributed by atoms with van der Waals surface area (Å²) in [6.07, 6.45) is 1.59. The fourth-order valence-corrected chi connectivity index (χ4v) is 3.85. The van der Waals surface area contributed by atoms with Crippen LogP contribution in [0.3, 0.4) is 0 Å². The maximum atomic E-state index is 12.4. The molecule has 0 aromatic heterocycles. The minimum absolute atomic E-state index is 0.113. The van der Waals surface area contributed by atoms with Gasteiger partial charge in [-0.15, -0.1) is 0 Å². The second-order valence-corrected chi connectivity index (χ2v) is 8.40. The van der Waals surface area contributed by atoms with Crippen LogP contribution in [0.15, 0.2) is 65.3 Å². The molecule has 3 aromatic rings. The van der Waals surface area contributed by atoms with Crippen molar-refractivity contribution < 1.29 is 23.7 Å². The summed E-state index contributed by atoms with van der Waals surface area (Å²) in [7, 11) is 3.04. The van der Waals surface area contributed by atoms with Gasteiger partial charge in [0.05, 0.1) is 19.8 Å². The van der Waals surface area contributed by atoms with Crippen LogP contribution in [0.25, 0.3) is 6.08 Å². The number of carbonyl (C=O) groups excluding carboxylic acids is 1. The lowest BCUT2D eigenvalue weighted by atomic mass is 10.1. The summed E-state index contributed by atoms with van der Waals surface area (Å²) in [6.45, 7) is 0.230. The van der Waals surface area contributed by atoms with Crippen LogP contribution in [0.2, 0.25) is 15.1 Å². The Bertz CT molecular complexity index is 1320. The normalized spacial score (nSPS) is 14.1. The first-order chi connectivity index (χ1) is 16.4. The van der Waals surface area contributed by atoms with E-state index in [2.05, 4.69) is 4.99 Å². The second-order valence-electron chi connectivity index (χ2n) is 7.12. The van der Waals surface area contributed by atoms with E-state index in [-0.39, 0.29) is 18.2 Å². The lowest BCUT2D eigenvalue weighted by Gasteiger charge is -2.12. The summed E-state index contributed by atoms with van der Waals surface area (Å²) >= 11 is 18.2. The first kappa shape index (κ1) is 24.0. The standard InChI is InChI=1S/C25H18Cl3NO5/c1-31-21-8-6-16(26)11-18(21)24-29-20(25(30)34-24)9-14-3-7-22(23(10-14)32-2)33-13-15-4-5-17(27)12-19(15)28/h3-12H,13H2,1-2H3/b20-9-. The van der Waals surface area contributed by atoms with Crippen LogP contribution in [0.4, 0.5) is 0 Å². The molecule has 0 bridgehead atoms. The Morgan fingerprint density at radius 2 is 1.59 bits per heavy atom. The molecule has 0 amide bonds. The molecule has 0 spiro atoms. The van der Waals surface area contributed by atoms with Gasteiger partial charge in [-0.3, -0.25) is 0 Å². The predicted molar refractivity (Wildman–Crippen MR) is 132 cm³/mol. The molecule has 9 heteroatoms. The highest BCUT2D eigenvalue weighted by Crippen LogP contribution is 2.32. The molecule has 0 atom stereocenters. The zero-order chi connectivity index (χ0) is 24.2. The third-order valence-corrected chi connectivity index (χ3v) is 5.72. The quantitative estimate of drug-likeness (QED) is 0.261. The molecule has 3 aromatic carbocycles. The smallest absolute Gasteiger partial charge is 0.363 e. The molecular weight excluding hydrogens is 501 g/mol. The first-order valence-corrected chi connectivity index (χ1v) is 11.1. The number of rotatable bonds is 7. The molecule has 1 aliphatic rings. The second kappa shape index (κ2) is 10.4. The molecule has 174 valence electrons. The molecular formula is C25H18Cl3NO5. The maximum absolute atomic E-state index is 12.4. The largest absolute Gasteiger partial charge is 0.496 e. The summed E-state index contributed by atoms with van der Waals surface area (Å²) in [5.74, 6) is 1.00. The van der Waals surface area contributed by atoms with Crippen molar-refractivity contribution in [1.82, 2.24) is 0 Å². The average molecular weight is 519 g/mol. The van der Waals surface area contributed by atoms with Gasteiger partial charge in [0, 0.05) is 20.6 Å². The summed E-state index contributed by atoms with van der Waals surface area (Å²) in [5, 5.41) is 1.53. The highest BCUT2D eigenvalue weighted by Gasteiger charge is 2.26. The van der Waals surface area contributed by atoms with E-state index in [1.54, 1.807) is 60.7 Å². The summed E-state index contributed by atoms with van der Waals surface area (Å²) in [5.41, 5.74) is 2.06. The number of ether oxygens (including phenoxy) is 4.